The molecule has 1 atom stereocenters. The summed E-state index contributed by atoms with van der Waals surface area (Å²) >= 11 is 5.92. The number of hydrogen-bond donors (Lipinski definition) is 2. The van der Waals surface area contributed by atoms with Crippen LogP contribution in [0.15, 0.2) is 12.3 Å². The smallest absolute Gasteiger partial charge is 0.220 e. The van der Waals surface area contributed by atoms with Crippen molar-refractivity contribution in [3.8, 4) is 5.88 Å². The molecule has 0 aromatic carbocycles. The van der Waals surface area contributed by atoms with E-state index in [0.717, 1.165) is 0 Å². The summed E-state index contributed by atoms with van der Waals surface area (Å²) in [5.41, 5.74) is 5.85. The zero-order chi connectivity index (χ0) is 10.6. The average Bonchev–Trinajstić information content (AvgIpc) is 2.17. The maximum atomic E-state index is 9.73. The molecule has 1 aromatic heterocycles. The van der Waals surface area contributed by atoms with Crippen LogP contribution in [0.25, 0.3) is 0 Å². The third-order valence-corrected chi connectivity index (χ3v) is 2.20. The molecule has 1 aromatic rings. The number of aromatic nitrogens is 1. The van der Waals surface area contributed by atoms with Gasteiger partial charge in [-0.15, -0.1) is 0 Å². The molecule has 1 rings (SSSR count). The predicted octanol–water partition coefficient (Wildman–Crippen LogP) is 1.13. The van der Waals surface area contributed by atoms with Gasteiger partial charge < -0.3 is 15.6 Å². The summed E-state index contributed by atoms with van der Waals surface area (Å²) in [6.07, 6.45) is 1.23. The lowest BCUT2D eigenvalue weighted by molar-refractivity contribution is 0.165. The van der Waals surface area contributed by atoms with Gasteiger partial charge in [0.25, 0.3) is 0 Å². The Labute approximate surface area is 87.7 Å². The fourth-order valence-corrected chi connectivity index (χ4v) is 1.46. The first-order valence-corrected chi connectivity index (χ1v) is 4.65. The van der Waals surface area contributed by atoms with E-state index in [2.05, 4.69) is 4.98 Å². The SMILES string of the molecule is COc1nccc(Cl)c1[C@H](O)CCN. The van der Waals surface area contributed by atoms with Crippen LogP contribution in [-0.2, 0) is 0 Å². The molecule has 3 N–H and O–H groups in total. The van der Waals surface area contributed by atoms with Crippen LogP contribution >= 0.6 is 11.6 Å². The summed E-state index contributed by atoms with van der Waals surface area (Å²) in [7, 11) is 1.48. The summed E-state index contributed by atoms with van der Waals surface area (Å²) in [6.45, 7) is 0.384. The second kappa shape index (κ2) is 5.14. The first-order chi connectivity index (χ1) is 6.70. The van der Waals surface area contributed by atoms with E-state index in [1.54, 1.807) is 6.07 Å². The van der Waals surface area contributed by atoms with Gasteiger partial charge in [0.15, 0.2) is 0 Å². The Bertz CT molecular complexity index is 307. The minimum atomic E-state index is -0.726. The van der Waals surface area contributed by atoms with Crippen LogP contribution < -0.4 is 10.5 Å². The van der Waals surface area contributed by atoms with E-state index >= 15 is 0 Å². The van der Waals surface area contributed by atoms with Gasteiger partial charge in [0.1, 0.15) is 0 Å². The Morgan fingerprint density at radius 3 is 3.00 bits per heavy atom. The van der Waals surface area contributed by atoms with Crippen LogP contribution in [0.5, 0.6) is 5.88 Å². The highest BCUT2D eigenvalue weighted by Gasteiger charge is 2.17. The molecule has 5 heteroatoms. The normalized spacial score (nSPS) is 12.6. The molecule has 14 heavy (non-hydrogen) atoms. The van der Waals surface area contributed by atoms with Crippen molar-refractivity contribution in [2.24, 2.45) is 5.73 Å². The highest BCUT2D eigenvalue weighted by atomic mass is 35.5. The van der Waals surface area contributed by atoms with Gasteiger partial charge in [0.05, 0.1) is 23.8 Å². The Hall–Kier alpha value is -0.840. The van der Waals surface area contributed by atoms with E-state index in [1.807, 2.05) is 0 Å². The van der Waals surface area contributed by atoms with Crippen LogP contribution in [0.3, 0.4) is 0 Å². The topological polar surface area (TPSA) is 68.4 Å². The monoisotopic (exact) mass is 216 g/mol. The minimum Gasteiger partial charge on any atom is -0.481 e. The first kappa shape index (κ1) is 11.2. The number of ether oxygens (including phenoxy) is 1. The molecule has 1 heterocycles. The molecule has 4 nitrogen and oxygen atoms in total. The number of pyridine rings is 1. The van der Waals surface area contributed by atoms with Gasteiger partial charge in [-0.3, -0.25) is 0 Å². The van der Waals surface area contributed by atoms with E-state index in [-0.39, 0.29) is 0 Å². The van der Waals surface area contributed by atoms with Crippen molar-refractivity contribution in [3.05, 3.63) is 22.8 Å². The van der Waals surface area contributed by atoms with E-state index in [1.165, 1.54) is 13.3 Å². The van der Waals surface area contributed by atoms with Gasteiger partial charge in [-0.2, -0.15) is 0 Å². The molecule has 0 amide bonds. The molecule has 0 aliphatic carbocycles. The van der Waals surface area contributed by atoms with Crippen LogP contribution in [0.4, 0.5) is 0 Å². The summed E-state index contributed by atoms with van der Waals surface area (Å²) in [6, 6.07) is 1.61. The lowest BCUT2D eigenvalue weighted by Crippen LogP contribution is -2.09. The molecule has 0 aliphatic rings. The fraction of sp³-hybridized carbons (Fsp3) is 0.444. The van der Waals surface area contributed by atoms with Crippen molar-refractivity contribution in [3.63, 3.8) is 0 Å². The Morgan fingerprint density at radius 1 is 1.71 bits per heavy atom. The van der Waals surface area contributed by atoms with Gasteiger partial charge >= 0.3 is 0 Å². The Morgan fingerprint density at radius 2 is 2.43 bits per heavy atom. The van der Waals surface area contributed by atoms with Crippen LogP contribution in [0, 0.1) is 0 Å². The van der Waals surface area contributed by atoms with E-state index in [4.69, 9.17) is 22.1 Å². The lowest BCUT2D eigenvalue weighted by Gasteiger charge is -2.14. The number of aliphatic hydroxyl groups excluding tert-OH is 1. The third-order valence-electron chi connectivity index (χ3n) is 1.87. The Kier molecular flexibility index (Phi) is 4.13. The molecule has 0 saturated heterocycles. The maximum Gasteiger partial charge on any atom is 0.220 e. The highest BCUT2D eigenvalue weighted by molar-refractivity contribution is 6.31. The molecule has 0 unspecified atom stereocenters. The number of aliphatic hydroxyl groups is 1. The molecular weight excluding hydrogens is 204 g/mol. The van der Waals surface area contributed by atoms with E-state index < -0.39 is 6.10 Å². The molecule has 0 spiro atoms. The molecule has 0 saturated carbocycles. The van der Waals surface area contributed by atoms with E-state index in [0.29, 0.717) is 29.4 Å². The van der Waals surface area contributed by atoms with Gasteiger partial charge in [0, 0.05) is 6.20 Å². The molecule has 78 valence electrons. The predicted molar refractivity (Wildman–Crippen MR) is 54.4 cm³/mol. The zero-order valence-electron chi connectivity index (χ0n) is 7.90. The number of rotatable bonds is 4. The molecule has 0 bridgehead atoms. The number of hydrogen-bond acceptors (Lipinski definition) is 4. The number of methoxy groups -OCH3 is 1. The summed E-state index contributed by atoms with van der Waals surface area (Å²) in [5.74, 6) is 0.346. The van der Waals surface area contributed by atoms with Crippen LogP contribution in [-0.4, -0.2) is 23.7 Å². The molecule has 0 fully saturated rings. The van der Waals surface area contributed by atoms with Gasteiger partial charge in [0.2, 0.25) is 5.88 Å². The quantitative estimate of drug-likeness (QED) is 0.792. The van der Waals surface area contributed by atoms with Crippen LogP contribution in [0.2, 0.25) is 5.02 Å². The lowest BCUT2D eigenvalue weighted by atomic mass is 10.1. The third kappa shape index (κ3) is 2.35. The minimum absolute atomic E-state index is 0.346. The van der Waals surface area contributed by atoms with Crippen molar-refractivity contribution >= 4 is 11.6 Å². The van der Waals surface area contributed by atoms with Crippen molar-refractivity contribution < 1.29 is 9.84 Å². The second-order valence-corrected chi connectivity index (χ2v) is 3.22. The summed E-state index contributed by atoms with van der Waals surface area (Å²) in [5, 5.41) is 10.2. The molecule has 0 radical (unpaired) electrons. The van der Waals surface area contributed by atoms with Gasteiger partial charge in [-0.05, 0) is 19.0 Å². The number of halogens is 1. The van der Waals surface area contributed by atoms with Gasteiger partial charge in [-0.25, -0.2) is 4.98 Å². The Balaban J connectivity index is 3.03. The molecular formula is C9H13ClN2O2. The van der Waals surface area contributed by atoms with Crippen molar-refractivity contribution in [1.82, 2.24) is 4.98 Å². The van der Waals surface area contributed by atoms with Crippen molar-refractivity contribution in [1.29, 1.82) is 0 Å². The van der Waals surface area contributed by atoms with Crippen molar-refractivity contribution in [2.75, 3.05) is 13.7 Å². The van der Waals surface area contributed by atoms with Crippen LogP contribution in [0.1, 0.15) is 18.1 Å². The zero-order valence-corrected chi connectivity index (χ0v) is 8.66. The first-order valence-electron chi connectivity index (χ1n) is 4.27. The number of nitrogens with two attached hydrogens (primary N) is 1. The second-order valence-electron chi connectivity index (χ2n) is 2.81. The van der Waals surface area contributed by atoms with Crippen molar-refractivity contribution in [2.45, 2.75) is 12.5 Å². The standard InChI is InChI=1S/C9H13ClN2O2/c1-14-9-8(7(13)2-4-11)6(10)3-5-12-9/h3,5,7,13H,2,4,11H2,1H3/t7-/m1/s1. The number of nitrogens with zero attached hydrogens (tertiary/aromatic N) is 1. The summed E-state index contributed by atoms with van der Waals surface area (Å²) < 4.78 is 5.00. The molecule has 0 aliphatic heterocycles. The highest BCUT2D eigenvalue weighted by Crippen LogP contribution is 2.31. The van der Waals surface area contributed by atoms with E-state index in [9.17, 15) is 5.11 Å². The fourth-order valence-electron chi connectivity index (χ4n) is 1.20. The average molecular weight is 217 g/mol. The maximum absolute atomic E-state index is 9.73. The van der Waals surface area contributed by atoms with Gasteiger partial charge in [-0.1, -0.05) is 11.6 Å². The largest absolute Gasteiger partial charge is 0.481 e. The summed E-state index contributed by atoms with van der Waals surface area (Å²) in [4.78, 5) is 3.95.